The van der Waals surface area contributed by atoms with Crippen molar-refractivity contribution in [3.05, 3.63) is 53.1 Å². The highest BCUT2D eigenvalue weighted by molar-refractivity contribution is 5.99. The lowest BCUT2D eigenvalue weighted by atomic mass is 10.0. The van der Waals surface area contributed by atoms with Gasteiger partial charge in [0, 0.05) is 0 Å². The fourth-order valence-corrected chi connectivity index (χ4v) is 2.62. The van der Waals surface area contributed by atoms with Crippen LogP contribution in [0.5, 0.6) is 5.75 Å². The number of benzene rings is 2. The predicted molar refractivity (Wildman–Crippen MR) is 84.0 cm³/mol. The van der Waals surface area contributed by atoms with Crippen LogP contribution >= 0.6 is 0 Å². The van der Waals surface area contributed by atoms with Gasteiger partial charge in [0.1, 0.15) is 11.6 Å². The number of H-pyrrole nitrogens is 2. The van der Waals surface area contributed by atoms with Crippen LogP contribution in [0.4, 0.5) is 0 Å². The zero-order valence-electron chi connectivity index (χ0n) is 11.8. The first-order chi connectivity index (χ1) is 10.8. The summed E-state index contributed by atoms with van der Waals surface area (Å²) in [7, 11) is 1.61. The Morgan fingerprint density at radius 3 is 2.82 bits per heavy atom. The SMILES string of the molecule is COc1ccc2ccccc2c1-c1nc2nc[nH]c(=O)c2[nH]1. The molecule has 6 nitrogen and oxygen atoms in total. The first kappa shape index (κ1) is 12.6. The minimum Gasteiger partial charge on any atom is -0.496 e. The summed E-state index contributed by atoms with van der Waals surface area (Å²) in [5.41, 5.74) is 1.31. The average Bonchev–Trinajstić information content (AvgIpc) is 2.99. The molecule has 0 fully saturated rings. The monoisotopic (exact) mass is 292 g/mol. The zero-order chi connectivity index (χ0) is 15.1. The molecular weight excluding hydrogens is 280 g/mol. The van der Waals surface area contributed by atoms with E-state index in [9.17, 15) is 4.79 Å². The molecular formula is C16H12N4O2. The molecule has 0 saturated heterocycles. The predicted octanol–water partition coefficient (Wildman–Crippen LogP) is 2.47. The van der Waals surface area contributed by atoms with Gasteiger partial charge in [-0.05, 0) is 16.8 Å². The van der Waals surface area contributed by atoms with Gasteiger partial charge < -0.3 is 14.7 Å². The van der Waals surface area contributed by atoms with Gasteiger partial charge >= 0.3 is 0 Å². The molecule has 0 spiro atoms. The van der Waals surface area contributed by atoms with E-state index < -0.39 is 0 Å². The van der Waals surface area contributed by atoms with E-state index in [1.807, 2.05) is 36.4 Å². The highest BCUT2D eigenvalue weighted by Gasteiger charge is 2.16. The molecule has 0 bridgehead atoms. The maximum Gasteiger partial charge on any atom is 0.276 e. The maximum atomic E-state index is 11.8. The number of ether oxygens (including phenoxy) is 1. The lowest BCUT2D eigenvalue weighted by Gasteiger charge is -2.09. The summed E-state index contributed by atoms with van der Waals surface area (Å²) in [6.07, 6.45) is 1.34. The van der Waals surface area contributed by atoms with Crippen molar-refractivity contribution in [1.29, 1.82) is 0 Å². The molecule has 0 amide bonds. The summed E-state index contributed by atoms with van der Waals surface area (Å²) >= 11 is 0. The molecule has 2 N–H and O–H groups in total. The van der Waals surface area contributed by atoms with E-state index in [1.165, 1.54) is 6.33 Å². The van der Waals surface area contributed by atoms with Crippen molar-refractivity contribution < 1.29 is 4.74 Å². The number of hydrogen-bond acceptors (Lipinski definition) is 4. The largest absolute Gasteiger partial charge is 0.496 e. The third-order valence-corrected chi connectivity index (χ3v) is 3.64. The Labute approximate surface area is 124 Å². The van der Waals surface area contributed by atoms with Crippen molar-refractivity contribution in [3.8, 4) is 17.1 Å². The summed E-state index contributed by atoms with van der Waals surface area (Å²) in [6.45, 7) is 0. The van der Waals surface area contributed by atoms with Gasteiger partial charge in [0.25, 0.3) is 5.56 Å². The van der Waals surface area contributed by atoms with E-state index in [0.29, 0.717) is 22.7 Å². The molecule has 0 radical (unpaired) electrons. The Kier molecular flexibility index (Phi) is 2.69. The van der Waals surface area contributed by atoms with E-state index in [0.717, 1.165) is 16.3 Å². The van der Waals surface area contributed by atoms with Crippen LogP contribution in [0.1, 0.15) is 0 Å². The minimum atomic E-state index is -0.247. The molecule has 22 heavy (non-hydrogen) atoms. The van der Waals surface area contributed by atoms with Crippen LogP contribution in [0.3, 0.4) is 0 Å². The average molecular weight is 292 g/mol. The molecule has 0 unspecified atom stereocenters. The van der Waals surface area contributed by atoms with E-state index >= 15 is 0 Å². The molecule has 0 aliphatic carbocycles. The van der Waals surface area contributed by atoms with Crippen molar-refractivity contribution in [3.63, 3.8) is 0 Å². The van der Waals surface area contributed by atoms with Gasteiger partial charge in [0.15, 0.2) is 11.2 Å². The smallest absolute Gasteiger partial charge is 0.276 e. The first-order valence-electron chi connectivity index (χ1n) is 6.77. The van der Waals surface area contributed by atoms with Gasteiger partial charge in [-0.3, -0.25) is 4.79 Å². The van der Waals surface area contributed by atoms with E-state index in [-0.39, 0.29) is 5.56 Å². The number of aromatic nitrogens is 4. The van der Waals surface area contributed by atoms with Crippen LogP contribution in [-0.2, 0) is 0 Å². The number of imidazole rings is 1. The summed E-state index contributed by atoms with van der Waals surface area (Å²) in [5.74, 6) is 1.25. The number of methoxy groups -OCH3 is 1. The molecule has 0 aliphatic heterocycles. The highest BCUT2D eigenvalue weighted by atomic mass is 16.5. The maximum absolute atomic E-state index is 11.8. The lowest BCUT2D eigenvalue weighted by molar-refractivity contribution is 0.417. The minimum absolute atomic E-state index is 0.247. The Morgan fingerprint density at radius 1 is 1.14 bits per heavy atom. The van der Waals surface area contributed by atoms with E-state index in [2.05, 4.69) is 19.9 Å². The number of rotatable bonds is 2. The number of aromatic amines is 2. The second-order valence-corrected chi connectivity index (χ2v) is 4.88. The van der Waals surface area contributed by atoms with Crippen molar-refractivity contribution in [1.82, 2.24) is 19.9 Å². The molecule has 0 aliphatic rings. The first-order valence-corrected chi connectivity index (χ1v) is 6.77. The van der Waals surface area contributed by atoms with Gasteiger partial charge in [-0.1, -0.05) is 30.3 Å². The summed E-state index contributed by atoms with van der Waals surface area (Å²) in [5, 5.41) is 2.07. The van der Waals surface area contributed by atoms with Gasteiger partial charge in [0.05, 0.1) is 19.0 Å². The molecule has 2 aromatic heterocycles. The number of fused-ring (bicyclic) bond motifs is 2. The van der Waals surface area contributed by atoms with Gasteiger partial charge in [-0.15, -0.1) is 0 Å². The summed E-state index contributed by atoms with van der Waals surface area (Å²) in [4.78, 5) is 25.9. The fraction of sp³-hybridized carbons (Fsp3) is 0.0625. The number of nitrogens with one attached hydrogen (secondary N) is 2. The second-order valence-electron chi connectivity index (χ2n) is 4.88. The molecule has 2 heterocycles. The van der Waals surface area contributed by atoms with Crippen LogP contribution in [-0.4, -0.2) is 27.0 Å². The summed E-state index contributed by atoms with van der Waals surface area (Å²) < 4.78 is 5.47. The molecule has 4 aromatic rings. The molecule has 0 atom stereocenters. The molecule has 2 aromatic carbocycles. The highest BCUT2D eigenvalue weighted by Crippen LogP contribution is 2.35. The Hall–Kier alpha value is -3.15. The normalized spacial score (nSPS) is 11.1. The van der Waals surface area contributed by atoms with E-state index in [4.69, 9.17) is 4.74 Å². The van der Waals surface area contributed by atoms with Crippen LogP contribution in [0.25, 0.3) is 33.3 Å². The third-order valence-electron chi connectivity index (χ3n) is 3.64. The lowest BCUT2D eigenvalue weighted by Crippen LogP contribution is -2.05. The molecule has 6 heteroatoms. The van der Waals surface area contributed by atoms with Crippen molar-refractivity contribution in [2.24, 2.45) is 0 Å². The second kappa shape index (κ2) is 4.70. The molecule has 4 rings (SSSR count). The van der Waals surface area contributed by atoms with Crippen molar-refractivity contribution in [2.45, 2.75) is 0 Å². The zero-order valence-corrected chi connectivity index (χ0v) is 11.8. The molecule has 108 valence electrons. The third kappa shape index (κ3) is 1.77. The van der Waals surface area contributed by atoms with Crippen LogP contribution in [0.15, 0.2) is 47.5 Å². The van der Waals surface area contributed by atoms with Crippen LogP contribution in [0, 0.1) is 0 Å². The van der Waals surface area contributed by atoms with Crippen molar-refractivity contribution in [2.75, 3.05) is 7.11 Å². The van der Waals surface area contributed by atoms with E-state index in [1.54, 1.807) is 7.11 Å². The number of nitrogens with zero attached hydrogens (tertiary/aromatic N) is 2. The van der Waals surface area contributed by atoms with Gasteiger partial charge in [-0.2, -0.15) is 0 Å². The topological polar surface area (TPSA) is 83.7 Å². The quantitative estimate of drug-likeness (QED) is 0.594. The van der Waals surface area contributed by atoms with Gasteiger partial charge in [0.2, 0.25) is 0 Å². The Morgan fingerprint density at radius 2 is 2.00 bits per heavy atom. The standard InChI is InChI=1S/C16H12N4O2/c1-22-11-7-6-9-4-2-3-5-10(9)12(11)14-19-13-15(20-14)17-8-18-16(13)21/h2-8H,1H3,(H2,17,18,19,20,21). The van der Waals surface area contributed by atoms with Crippen LogP contribution < -0.4 is 10.3 Å². The molecule has 0 saturated carbocycles. The fourth-order valence-electron chi connectivity index (χ4n) is 2.62. The van der Waals surface area contributed by atoms with Crippen molar-refractivity contribution >= 4 is 21.9 Å². The van der Waals surface area contributed by atoms with Gasteiger partial charge in [-0.25, -0.2) is 9.97 Å². The van der Waals surface area contributed by atoms with Crippen LogP contribution in [0.2, 0.25) is 0 Å². The summed E-state index contributed by atoms with van der Waals surface area (Å²) in [6, 6.07) is 11.8. The Balaban J connectivity index is 2.10. The number of hydrogen-bond donors (Lipinski definition) is 2. The Bertz CT molecular complexity index is 1050.